The monoisotopic (exact) mass is 734 g/mol. The molecular formula is C39H47ClN4O6S. The third-order valence-electron chi connectivity index (χ3n) is 11.6. The second kappa shape index (κ2) is 14.0. The lowest BCUT2D eigenvalue weighted by molar-refractivity contribution is 0.0455. The number of benzene rings is 2. The molecule has 7 rings (SSSR count). The van der Waals surface area contributed by atoms with E-state index in [0.29, 0.717) is 37.6 Å². The van der Waals surface area contributed by atoms with Gasteiger partial charge in [-0.25, -0.2) is 4.21 Å². The van der Waals surface area contributed by atoms with Gasteiger partial charge in [0.2, 0.25) is 0 Å². The molecule has 2 bridgehead atoms. The fourth-order valence-corrected chi connectivity index (χ4v) is 10.4. The number of nitrogens with one attached hydrogen (secondary N) is 1. The number of aromatic nitrogens is 1. The predicted octanol–water partition coefficient (Wildman–Crippen LogP) is 6.49. The summed E-state index contributed by atoms with van der Waals surface area (Å²) in [7, 11) is -0.456. The first kappa shape index (κ1) is 35.6. The van der Waals surface area contributed by atoms with Crippen molar-refractivity contribution < 1.29 is 28.4 Å². The molecule has 1 fully saturated rings. The molecule has 3 aromatic rings. The van der Waals surface area contributed by atoms with Gasteiger partial charge in [0.1, 0.15) is 21.4 Å². The van der Waals surface area contributed by atoms with Crippen molar-refractivity contribution in [3.63, 3.8) is 0 Å². The van der Waals surface area contributed by atoms with Crippen LogP contribution in [0.2, 0.25) is 5.02 Å². The van der Waals surface area contributed by atoms with Crippen LogP contribution in [0, 0.1) is 17.8 Å². The van der Waals surface area contributed by atoms with E-state index in [1.54, 1.807) is 49.1 Å². The first-order chi connectivity index (χ1) is 24.4. The first-order valence-corrected chi connectivity index (χ1v) is 19.8. The summed E-state index contributed by atoms with van der Waals surface area (Å²) >= 11 is 6.44. The van der Waals surface area contributed by atoms with E-state index in [0.717, 1.165) is 42.8 Å². The second-order valence-electron chi connectivity index (χ2n) is 14.9. The summed E-state index contributed by atoms with van der Waals surface area (Å²) in [6, 6.07) is 11.4. The number of amides is 2. The molecule has 2 aliphatic heterocycles. The van der Waals surface area contributed by atoms with E-state index in [1.807, 2.05) is 25.1 Å². The average Bonchev–Trinajstić information content (AvgIpc) is 3.41. The molecule has 1 saturated carbocycles. The van der Waals surface area contributed by atoms with Gasteiger partial charge in [0.25, 0.3) is 11.8 Å². The Hall–Kier alpha value is -3.80. The number of ether oxygens (including phenoxy) is 2. The van der Waals surface area contributed by atoms with Crippen LogP contribution < -0.4 is 19.1 Å². The highest BCUT2D eigenvalue weighted by Crippen LogP contribution is 2.47. The number of halogens is 1. The third-order valence-corrected chi connectivity index (χ3v) is 14.3. The lowest BCUT2D eigenvalue weighted by Gasteiger charge is -2.45. The molecule has 2 N–H and O–H groups in total. The van der Waals surface area contributed by atoms with Crippen molar-refractivity contribution in [2.75, 3.05) is 31.7 Å². The van der Waals surface area contributed by atoms with Gasteiger partial charge in [0.05, 0.1) is 36.3 Å². The number of aryl methyl sites for hydroxylation is 2. The van der Waals surface area contributed by atoms with Gasteiger partial charge in [-0.15, -0.1) is 4.36 Å². The molecule has 272 valence electrons. The molecule has 1 spiro atoms. The average molecular weight is 735 g/mol. The quantitative estimate of drug-likeness (QED) is 0.295. The topological polar surface area (TPSA) is 122 Å². The van der Waals surface area contributed by atoms with Crippen LogP contribution in [-0.2, 0) is 28.8 Å². The Kier molecular flexibility index (Phi) is 9.75. The third kappa shape index (κ3) is 6.80. The molecule has 1 unspecified atom stereocenters. The molecule has 3 heterocycles. The van der Waals surface area contributed by atoms with Crippen LogP contribution in [-0.4, -0.2) is 63.9 Å². The molecule has 2 amide bonds. The molecule has 12 heteroatoms. The number of anilines is 1. The predicted molar refractivity (Wildman–Crippen MR) is 199 cm³/mol. The highest BCUT2D eigenvalue weighted by atomic mass is 35.5. The smallest absolute Gasteiger partial charge is 0.286 e. The Morgan fingerprint density at radius 3 is 2.76 bits per heavy atom. The zero-order valence-corrected chi connectivity index (χ0v) is 31.2. The first-order valence-electron chi connectivity index (χ1n) is 17.9. The molecular weight excluding hydrogens is 688 g/mol. The minimum atomic E-state index is -3.67. The molecule has 2 aromatic carbocycles. The van der Waals surface area contributed by atoms with Crippen LogP contribution >= 0.6 is 11.6 Å². The van der Waals surface area contributed by atoms with E-state index in [4.69, 9.17) is 21.1 Å². The molecule has 1 aromatic heterocycles. The lowest BCUT2D eigenvalue weighted by atomic mass is 9.68. The summed E-state index contributed by atoms with van der Waals surface area (Å²) in [5.41, 5.74) is 3.39. The number of fused-ring (bicyclic) bond motifs is 4. The number of rotatable bonds is 3. The summed E-state index contributed by atoms with van der Waals surface area (Å²) in [5.74, 6) is -0.263. The van der Waals surface area contributed by atoms with Crippen LogP contribution in [0.4, 0.5) is 5.69 Å². The Morgan fingerprint density at radius 1 is 1.18 bits per heavy atom. The fourth-order valence-electron chi connectivity index (χ4n) is 8.34. The number of carbonyl (C=O) groups excluding carboxylic acids is 2. The number of aliphatic hydroxyl groups excluding tert-OH is 1. The normalized spacial score (nSPS) is 31.2. The summed E-state index contributed by atoms with van der Waals surface area (Å²) in [4.78, 5) is 30.1. The van der Waals surface area contributed by atoms with Gasteiger partial charge < -0.3 is 24.0 Å². The zero-order chi connectivity index (χ0) is 36.1. The number of carbonyl (C=O) groups is 2. The van der Waals surface area contributed by atoms with Crippen LogP contribution in [0.1, 0.15) is 77.8 Å². The van der Waals surface area contributed by atoms with Crippen LogP contribution in [0.5, 0.6) is 11.5 Å². The van der Waals surface area contributed by atoms with E-state index < -0.39 is 33.1 Å². The SMILES string of the molecule is COc1cn(C)cc1C(=O)NS1(=O)=NC(=O)c2ccc3c(c2)N(C[C@@H]2CC[C@H]2[C@@H](O)/C=C\C[C@H](C)[C@H]1C)C[C@@]1(CCCc2cc(Cl)ccc21)CO3. The highest BCUT2D eigenvalue weighted by Gasteiger charge is 2.44. The van der Waals surface area contributed by atoms with Gasteiger partial charge >= 0.3 is 0 Å². The zero-order valence-electron chi connectivity index (χ0n) is 29.6. The number of methoxy groups -OCH3 is 1. The molecule has 4 aliphatic rings. The molecule has 0 radical (unpaired) electrons. The van der Waals surface area contributed by atoms with Gasteiger partial charge in [0, 0.05) is 48.5 Å². The Balaban J connectivity index is 1.32. The number of hydrogen-bond acceptors (Lipinski definition) is 7. The van der Waals surface area contributed by atoms with Crippen molar-refractivity contribution in [3.8, 4) is 11.5 Å². The summed E-state index contributed by atoms with van der Waals surface area (Å²) in [5, 5.41) is 11.4. The minimum absolute atomic E-state index is 0.0899. The standard InChI is InChI=1S/C39H47ClN4O6S/c1-24-7-5-9-34(45)30-13-10-28(30)19-44-22-39(16-6-8-26-17-29(40)12-14-32(26)39)23-50-35-15-11-27(18-33(35)44)37(46)41-51(48,25(24)2)42-38(47)31-20-43(3)21-36(31)49-4/h5,9,11-12,14-15,17-18,20-21,24-25,28,30,34,45H,6-8,10,13,16,19,22-23H2,1-4H3,(H,41,42,46,47,48)/b9-5-/t24-,25+,28-,30+,34-,39-,51?/m0/s1. The van der Waals surface area contributed by atoms with E-state index >= 15 is 0 Å². The number of nitrogens with zero attached hydrogens (tertiary/aromatic N) is 3. The molecule has 0 saturated heterocycles. The Morgan fingerprint density at radius 2 is 2.00 bits per heavy atom. The van der Waals surface area contributed by atoms with Crippen molar-refractivity contribution in [2.45, 2.75) is 69.1 Å². The molecule has 2 aliphatic carbocycles. The minimum Gasteiger partial charge on any atom is -0.494 e. The van der Waals surface area contributed by atoms with Crippen molar-refractivity contribution in [1.82, 2.24) is 9.29 Å². The lowest BCUT2D eigenvalue weighted by Crippen LogP contribution is -2.49. The van der Waals surface area contributed by atoms with Gasteiger partial charge in [-0.05, 0) is 105 Å². The van der Waals surface area contributed by atoms with Crippen molar-refractivity contribution in [3.05, 3.63) is 88.2 Å². The van der Waals surface area contributed by atoms with E-state index in [9.17, 15) is 18.9 Å². The van der Waals surface area contributed by atoms with Gasteiger partial charge in [0.15, 0.2) is 0 Å². The maximum Gasteiger partial charge on any atom is 0.286 e. The second-order valence-corrected chi connectivity index (χ2v) is 17.6. The Labute approximate surface area is 305 Å². The van der Waals surface area contributed by atoms with E-state index in [-0.39, 0.29) is 34.3 Å². The summed E-state index contributed by atoms with van der Waals surface area (Å²) in [6.45, 7) is 5.48. The van der Waals surface area contributed by atoms with Crippen molar-refractivity contribution >= 4 is 39.0 Å². The summed E-state index contributed by atoms with van der Waals surface area (Å²) < 4.78 is 35.5. The van der Waals surface area contributed by atoms with Gasteiger partial charge in [-0.1, -0.05) is 36.7 Å². The maximum atomic E-state index is 14.8. The van der Waals surface area contributed by atoms with Crippen molar-refractivity contribution in [2.24, 2.45) is 29.2 Å². The van der Waals surface area contributed by atoms with Crippen molar-refractivity contribution in [1.29, 1.82) is 0 Å². The number of aliphatic hydroxyl groups is 1. The Bertz CT molecular complexity index is 2000. The molecule has 10 nitrogen and oxygen atoms in total. The van der Waals surface area contributed by atoms with Crippen LogP contribution in [0.3, 0.4) is 0 Å². The maximum absolute atomic E-state index is 14.8. The number of allylic oxidation sites excluding steroid dienone is 1. The van der Waals surface area contributed by atoms with Gasteiger partial charge in [-0.2, -0.15) is 0 Å². The van der Waals surface area contributed by atoms with E-state index in [2.05, 4.69) is 26.1 Å². The molecule has 7 atom stereocenters. The van der Waals surface area contributed by atoms with Crippen LogP contribution in [0.25, 0.3) is 0 Å². The van der Waals surface area contributed by atoms with Gasteiger partial charge in [-0.3, -0.25) is 14.3 Å². The fraction of sp³-hybridized carbons (Fsp3) is 0.487. The highest BCUT2D eigenvalue weighted by molar-refractivity contribution is 7.93. The van der Waals surface area contributed by atoms with Crippen LogP contribution in [0.15, 0.2) is 65.3 Å². The number of hydrogen-bond donors (Lipinski definition) is 2. The molecule has 51 heavy (non-hydrogen) atoms. The van der Waals surface area contributed by atoms with E-state index in [1.165, 1.54) is 18.2 Å². The summed E-state index contributed by atoms with van der Waals surface area (Å²) in [6.07, 6.45) is 11.7. The largest absolute Gasteiger partial charge is 0.494 e.